The van der Waals surface area contributed by atoms with Gasteiger partial charge < -0.3 is 0 Å². The fourth-order valence-corrected chi connectivity index (χ4v) is 4.46. The minimum atomic E-state index is -3.45. The number of benzene rings is 1. The Balaban J connectivity index is 2.19. The molecule has 1 N–H and O–H groups in total. The second kappa shape index (κ2) is 5.08. The van der Waals surface area contributed by atoms with Crippen molar-refractivity contribution in [1.29, 1.82) is 0 Å². The van der Waals surface area contributed by atoms with E-state index in [1.165, 1.54) is 0 Å². The summed E-state index contributed by atoms with van der Waals surface area (Å²) in [5, 5.41) is 0.554. The van der Waals surface area contributed by atoms with Gasteiger partial charge in [0.1, 0.15) is 0 Å². The Morgan fingerprint density at radius 2 is 2.05 bits per heavy atom. The third-order valence-corrected chi connectivity index (χ3v) is 5.63. The van der Waals surface area contributed by atoms with Gasteiger partial charge in [-0.15, -0.1) is 0 Å². The fourth-order valence-electron chi connectivity index (χ4n) is 2.73. The molecular formula is C14H20ClNO2S. The van der Waals surface area contributed by atoms with Gasteiger partial charge in [0, 0.05) is 11.1 Å². The topological polar surface area (TPSA) is 46.2 Å². The number of rotatable bonds is 3. The van der Waals surface area contributed by atoms with Gasteiger partial charge in [-0.3, -0.25) is 0 Å². The predicted molar refractivity (Wildman–Crippen MR) is 77.9 cm³/mol. The smallest absolute Gasteiger partial charge is 0.208 e. The Morgan fingerprint density at radius 3 is 2.58 bits per heavy atom. The fraction of sp³-hybridized carbons (Fsp3) is 0.571. The molecule has 0 aromatic heterocycles. The van der Waals surface area contributed by atoms with Gasteiger partial charge in [0.05, 0.1) is 4.90 Å². The summed E-state index contributed by atoms with van der Waals surface area (Å²) in [7, 11) is -3.45. The maximum Gasteiger partial charge on any atom is 0.241 e. The van der Waals surface area contributed by atoms with Crippen LogP contribution in [0.1, 0.15) is 38.7 Å². The number of sulfonamides is 1. The standard InChI is InChI=1S/C14H20ClNO2S/c1-10-8-11(15)4-5-13(10)19(17,18)16-12-6-7-14(2,3)9-12/h4-5,8,12,16H,6-7,9H2,1-3H3. The van der Waals surface area contributed by atoms with Crippen LogP contribution in [0.25, 0.3) is 0 Å². The summed E-state index contributed by atoms with van der Waals surface area (Å²) in [6.07, 6.45) is 2.84. The summed E-state index contributed by atoms with van der Waals surface area (Å²) in [4.78, 5) is 0.321. The highest BCUT2D eigenvalue weighted by atomic mass is 35.5. The van der Waals surface area contributed by atoms with Crippen LogP contribution < -0.4 is 4.72 Å². The second-order valence-corrected chi connectivity index (χ2v) is 8.25. The van der Waals surface area contributed by atoms with E-state index in [1.54, 1.807) is 25.1 Å². The molecule has 0 bridgehead atoms. The van der Waals surface area contributed by atoms with E-state index in [0.29, 0.717) is 15.5 Å². The molecule has 106 valence electrons. The van der Waals surface area contributed by atoms with Gasteiger partial charge in [0.2, 0.25) is 10.0 Å². The van der Waals surface area contributed by atoms with Gasteiger partial charge in [0.25, 0.3) is 0 Å². The van der Waals surface area contributed by atoms with Crippen molar-refractivity contribution in [3.63, 3.8) is 0 Å². The highest BCUT2D eigenvalue weighted by Gasteiger charge is 2.33. The first-order chi connectivity index (χ1) is 8.70. The van der Waals surface area contributed by atoms with Gasteiger partial charge >= 0.3 is 0 Å². The molecule has 1 unspecified atom stereocenters. The van der Waals surface area contributed by atoms with Crippen LogP contribution in [0.3, 0.4) is 0 Å². The molecule has 2 rings (SSSR count). The van der Waals surface area contributed by atoms with Crippen molar-refractivity contribution in [3.8, 4) is 0 Å². The van der Waals surface area contributed by atoms with Crippen molar-refractivity contribution >= 4 is 21.6 Å². The van der Waals surface area contributed by atoms with Crippen LogP contribution in [-0.2, 0) is 10.0 Å². The molecule has 3 nitrogen and oxygen atoms in total. The maximum absolute atomic E-state index is 12.4. The van der Waals surface area contributed by atoms with Crippen molar-refractivity contribution < 1.29 is 8.42 Å². The third-order valence-electron chi connectivity index (χ3n) is 3.72. The van der Waals surface area contributed by atoms with Gasteiger partial charge in [-0.25, -0.2) is 13.1 Å². The van der Waals surface area contributed by atoms with E-state index in [4.69, 9.17) is 11.6 Å². The Labute approximate surface area is 120 Å². The molecular weight excluding hydrogens is 282 g/mol. The molecule has 1 saturated carbocycles. The van der Waals surface area contributed by atoms with E-state index >= 15 is 0 Å². The Morgan fingerprint density at radius 1 is 1.37 bits per heavy atom. The lowest BCUT2D eigenvalue weighted by molar-refractivity contribution is 0.372. The van der Waals surface area contributed by atoms with Crippen LogP contribution in [0.4, 0.5) is 0 Å². The Hall–Kier alpha value is -0.580. The van der Waals surface area contributed by atoms with Gasteiger partial charge in [0.15, 0.2) is 0 Å². The lowest BCUT2D eigenvalue weighted by Gasteiger charge is -2.18. The van der Waals surface area contributed by atoms with Gasteiger partial charge in [-0.05, 0) is 55.4 Å². The molecule has 0 amide bonds. The predicted octanol–water partition coefficient (Wildman–Crippen LogP) is 3.51. The van der Waals surface area contributed by atoms with Crippen molar-refractivity contribution in [2.45, 2.75) is 51.0 Å². The first-order valence-electron chi connectivity index (χ1n) is 6.48. The molecule has 0 saturated heterocycles. The Bertz CT molecular complexity index is 581. The van der Waals surface area contributed by atoms with Gasteiger partial charge in [-0.2, -0.15) is 0 Å². The quantitative estimate of drug-likeness (QED) is 0.928. The van der Waals surface area contributed by atoms with Crippen molar-refractivity contribution in [1.82, 2.24) is 4.72 Å². The van der Waals surface area contributed by atoms with Crippen LogP contribution in [0.5, 0.6) is 0 Å². The first-order valence-corrected chi connectivity index (χ1v) is 8.34. The lowest BCUT2D eigenvalue weighted by Crippen LogP contribution is -2.33. The zero-order chi connectivity index (χ0) is 14.3. The molecule has 0 aliphatic heterocycles. The van der Waals surface area contributed by atoms with Crippen LogP contribution >= 0.6 is 11.6 Å². The lowest BCUT2D eigenvalue weighted by atomic mass is 9.92. The van der Waals surface area contributed by atoms with Gasteiger partial charge in [-0.1, -0.05) is 25.4 Å². The minimum absolute atomic E-state index is 0.0371. The summed E-state index contributed by atoms with van der Waals surface area (Å²) in [5.74, 6) is 0. The van der Waals surface area contributed by atoms with E-state index in [9.17, 15) is 8.42 Å². The number of halogens is 1. The molecule has 1 aliphatic rings. The van der Waals surface area contributed by atoms with E-state index in [2.05, 4.69) is 18.6 Å². The maximum atomic E-state index is 12.4. The SMILES string of the molecule is Cc1cc(Cl)ccc1S(=O)(=O)NC1CCC(C)(C)C1. The number of nitrogens with one attached hydrogen (secondary N) is 1. The summed E-state index contributed by atoms with van der Waals surface area (Å²) in [6.45, 7) is 6.11. The average Bonchev–Trinajstić information content (AvgIpc) is 2.56. The largest absolute Gasteiger partial charge is 0.241 e. The molecule has 1 aliphatic carbocycles. The third kappa shape index (κ3) is 3.50. The second-order valence-electron chi connectivity index (χ2n) is 6.14. The molecule has 0 spiro atoms. The summed E-state index contributed by atoms with van der Waals surface area (Å²) in [6, 6.07) is 4.89. The van der Waals surface area contributed by atoms with E-state index in [0.717, 1.165) is 19.3 Å². The monoisotopic (exact) mass is 301 g/mol. The zero-order valence-electron chi connectivity index (χ0n) is 11.5. The molecule has 0 heterocycles. The van der Waals surface area contributed by atoms with E-state index in [-0.39, 0.29) is 11.5 Å². The van der Waals surface area contributed by atoms with Crippen LogP contribution in [-0.4, -0.2) is 14.5 Å². The zero-order valence-corrected chi connectivity index (χ0v) is 13.1. The molecule has 1 fully saturated rings. The van der Waals surface area contributed by atoms with Crippen LogP contribution in [0.2, 0.25) is 5.02 Å². The summed E-state index contributed by atoms with van der Waals surface area (Å²) >= 11 is 5.86. The summed E-state index contributed by atoms with van der Waals surface area (Å²) < 4.78 is 27.6. The first kappa shape index (κ1) is 14.8. The molecule has 19 heavy (non-hydrogen) atoms. The Kier molecular flexibility index (Phi) is 3.96. The minimum Gasteiger partial charge on any atom is -0.208 e. The molecule has 5 heteroatoms. The van der Waals surface area contributed by atoms with E-state index in [1.807, 2.05) is 0 Å². The molecule has 1 aromatic rings. The highest BCUT2D eigenvalue weighted by molar-refractivity contribution is 7.89. The van der Waals surface area contributed by atoms with Crippen molar-refractivity contribution in [3.05, 3.63) is 28.8 Å². The number of aryl methyl sites for hydroxylation is 1. The van der Waals surface area contributed by atoms with E-state index < -0.39 is 10.0 Å². The normalized spacial score (nSPS) is 22.6. The van der Waals surface area contributed by atoms with Crippen molar-refractivity contribution in [2.75, 3.05) is 0 Å². The van der Waals surface area contributed by atoms with Crippen molar-refractivity contribution in [2.24, 2.45) is 5.41 Å². The number of hydrogen-bond acceptors (Lipinski definition) is 2. The summed E-state index contributed by atoms with van der Waals surface area (Å²) in [5.41, 5.74) is 0.902. The molecule has 1 atom stereocenters. The highest BCUT2D eigenvalue weighted by Crippen LogP contribution is 2.37. The number of hydrogen-bond donors (Lipinski definition) is 1. The van der Waals surface area contributed by atoms with Crippen LogP contribution in [0.15, 0.2) is 23.1 Å². The molecule has 0 radical (unpaired) electrons. The molecule has 1 aromatic carbocycles. The average molecular weight is 302 g/mol. The van der Waals surface area contributed by atoms with Crippen LogP contribution in [0, 0.1) is 12.3 Å².